The summed E-state index contributed by atoms with van der Waals surface area (Å²) in [5.41, 5.74) is -2.69. The number of hydrogen-bond donors (Lipinski definition) is 2. The maximum Gasteiger partial charge on any atom is 0.275 e. The first-order valence-corrected chi connectivity index (χ1v) is 10.7. The van der Waals surface area contributed by atoms with E-state index in [0.717, 1.165) is 25.7 Å². The lowest BCUT2D eigenvalue weighted by molar-refractivity contribution is 0.0416. The van der Waals surface area contributed by atoms with Crippen LogP contribution < -0.4 is 10.7 Å². The first-order valence-electron chi connectivity index (χ1n) is 10.7. The van der Waals surface area contributed by atoms with Crippen LogP contribution in [-0.2, 0) is 13.1 Å². The van der Waals surface area contributed by atoms with E-state index in [2.05, 4.69) is 12.2 Å². The lowest BCUT2D eigenvalue weighted by Crippen LogP contribution is -2.55. The Labute approximate surface area is 186 Å². The molecule has 3 heterocycles. The standard InChI is InChI=1S/C23H22F3N3O4/c1-22-3-2-4-23(9-22)11-28-8-14(18(30)19(31)17(28)21(33)29(23)10-22)20(32)27-7-13-15(25)5-12(24)6-16(13)26/h5-6,8,31H,2-4,7,9-11H2,1H3,(H,27,32)/t22-,23+/m0/s1. The molecule has 1 saturated heterocycles. The first-order chi connectivity index (χ1) is 15.5. The molecule has 2 amide bonds. The van der Waals surface area contributed by atoms with Crippen LogP contribution in [0.3, 0.4) is 0 Å². The van der Waals surface area contributed by atoms with Gasteiger partial charge in [0.05, 0.1) is 5.54 Å². The Morgan fingerprint density at radius 2 is 1.85 bits per heavy atom. The Balaban J connectivity index is 1.47. The van der Waals surface area contributed by atoms with E-state index in [1.54, 1.807) is 4.90 Å². The molecule has 2 aromatic rings. The quantitative estimate of drug-likeness (QED) is 0.736. The fraction of sp³-hybridized carbons (Fsp3) is 0.435. The van der Waals surface area contributed by atoms with Crippen molar-refractivity contribution in [3.63, 3.8) is 0 Å². The topological polar surface area (TPSA) is 91.6 Å². The number of halogens is 3. The Hall–Kier alpha value is -3.30. The number of aromatic nitrogens is 1. The van der Waals surface area contributed by atoms with Gasteiger partial charge >= 0.3 is 0 Å². The Morgan fingerprint density at radius 1 is 1.15 bits per heavy atom. The number of nitrogens with one attached hydrogen (secondary N) is 1. The zero-order chi connectivity index (χ0) is 23.7. The molecule has 7 nitrogen and oxygen atoms in total. The number of fused-ring (bicyclic) bond motifs is 2. The molecule has 33 heavy (non-hydrogen) atoms. The van der Waals surface area contributed by atoms with Gasteiger partial charge in [0.2, 0.25) is 5.43 Å². The molecule has 2 aliphatic heterocycles. The van der Waals surface area contributed by atoms with E-state index in [9.17, 15) is 32.7 Å². The number of carbonyl (C=O) groups is 2. The van der Waals surface area contributed by atoms with Crippen molar-refractivity contribution in [3.05, 3.63) is 62.8 Å². The molecule has 3 aliphatic rings. The third-order valence-electron chi connectivity index (χ3n) is 7.24. The van der Waals surface area contributed by atoms with Crippen LogP contribution in [0.4, 0.5) is 13.2 Å². The van der Waals surface area contributed by atoms with Crippen molar-refractivity contribution in [3.8, 4) is 5.75 Å². The number of nitrogens with zero attached hydrogens (tertiary/aromatic N) is 2. The van der Waals surface area contributed by atoms with Crippen LogP contribution in [0.2, 0.25) is 0 Å². The molecule has 10 heteroatoms. The Kier molecular flexibility index (Phi) is 4.63. The Bertz CT molecular complexity index is 1250. The zero-order valence-corrected chi connectivity index (χ0v) is 17.9. The summed E-state index contributed by atoms with van der Waals surface area (Å²) in [6.07, 6.45) is 4.73. The molecule has 5 rings (SSSR count). The number of pyridine rings is 1. The van der Waals surface area contributed by atoms with Gasteiger partial charge in [-0.05, 0) is 24.7 Å². The molecule has 2 fully saturated rings. The second-order valence-corrected chi connectivity index (χ2v) is 9.68. The fourth-order valence-corrected chi connectivity index (χ4v) is 5.85. The summed E-state index contributed by atoms with van der Waals surface area (Å²) in [6, 6.07) is 0.973. The SMILES string of the molecule is C[C@@]12CCC[C@]3(Cn4cc(C(=O)NCc5c(F)cc(F)cc5F)c(=O)c(O)c4C(=O)N3C1)C2. The number of aromatic hydroxyl groups is 1. The molecule has 1 saturated carbocycles. The maximum absolute atomic E-state index is 13.9. The van der Waals surface area contributed by atoms with E-state index >= 15 is 0 Å². The van der Waals surface area contributed by atoms with Crippen molar-refractivity contribution in [2.75, 3.05) is 6.54 Å². The molecule has 2 bridgehead atoms. The summed E-state index contributed by atoms with van der Waals surface area (Å²) in [5, 5.41) is 12.8. The van der Waals surface area contributed by atoms with E-state index in [0.29, 0.717) is 25.2 Å². The van der Waals surface area contributed by atoms with Gasteiger partial charge in [-0.1, -0.05) is 13.3 Å². The predicted octanol–water partition coefficient (Wildman–Crippen LogP) is 2.69. The first kappa shape index (κ1) is 21.5. The maximum atomic E-state index is 13.9. The van der Waals surface area contributed by atoms with E-state index < -0.39 is 63.7 Å². The van der Waals surface area contributed by atoms with Gasteiger partial charge in [-0.15, -0.1) is 0 Å². The van der Waals surface area contributed by atoms with E-state index in [-0.39, 0.29) is 11.1 Å². The number of rotatable bonds is 3. The third kappa shape index (κ3) is 3.22. The van der Waals surface area contributed by atoms with Gasteiger partial charge in [0, 0.05) is 43.5 Å². The lowest BCUT2D eigenvalue weighted by atomic mass is 9.71. The molecular weight excluding hydrogens is 439 g/mol. The van der Waals surface area contributed by atoms with E-state index in [1.165, 1.54) is 10.8 Å². The summed E-state index contributed by atoms with van der Waals surface area (Å²) >= 11 is 0. The van der Waals surface area contributed by atoms with Crippen LogP contribution in [0.5, 0.6) is 5.75 Å². The van der Waals surface area contributed by atoms with Gasteiger partial charge < -0.3 is 19.9 Å². The second kappa shape index (κ2) is 7.10. The minimum atomic E-state index is -1.18. The van der Waals surface area contributed by atoms with Crippen LogP contribution >= 0.6 is 0 Å². The van der Waals surface area contributed by atoms with Crippen LogP contribution in [0.1, 0.15) is 59.0 Å². The van der Waals surface area contributed by atoms with Crippen molar-refractivity contribution >= 4 is 11.8 Å². The number of benzene rings is 1. The second-order valence-electron chi connectivity index (χ2n) is 9.68. The molecular formula is C23H22F3N3O4. The smallest absolute Gasteiger partial charge is 0.275 e. The van der Waals surface area contributed by atoms with Gasteiger partial charge in [-0.3, -0.25) is 14.4 Å². The normalized spacial score (nSPS) is 25.6. The average Bonchev–Trinajstić information content (AvgIpc) is 2.94. The largest absolute Gasteiger partial charge is 0.503 e. The highest BCUT2D eigenvalue weighted by atomic mass is 19.1. The van der Waals surface area contributed by atoms with Gasteiger partial charge in [-0.25, -0.2) is 13.2 Å². The van der Waals surface area contributed by atoms with Crippen LogP contribution in [-0.4, -0.2) is 38.5 Å². The molecule has 0 radical (unpaired) electrons. The molecule has 1 aromatic carbocycles. The molecule has 1 aromatic heterocycles. The van der Waals surface area contributed by atoms with E-state index in [4.69, 9.17) is 0 Å². The van der Waals surface area contributed by atoms with Gasteiger partial charge in [0.1, 0.15) is 23.0 Å². The number of hydrogen-bond acceptors (Lipinski definition) is 4. The van der Waals surface area contributed by atoms with Crippen molar-refractivity contribution in [2.24, 2.45) is 5.41 Å². The highest BCUT2D eigenvalue weighted by Crippen LogP contribution is 2.54. The summed E-state index contributed by atoms with van der Waals surface area (Å²) in [4.78, 5) is 40.4. The highest BCUT2D eigenvalue weighted by Gasteiger charge is 2.58. The Morgan fingerprint density at radius 3 is 2.55 bits per heavy atom. The monoisotopic (exact) mass is 461 g/mol. The fourth-order valence-electron chi connectivity index (χ4n) is 5.85. The molecule has 174 valence electrons. The van der Waals surface area contributed by atoms with Crippen molar-refractivity contribution in [1.82, 2.24) is 14.8 Å². The number of carbonyl (C=O) groups excluding carboxylic acids is 2. The molecule has 1 aliphatic carbocycles. The van der Waals surface area contributed by atoms with Crippen LogP contribution in [0, 0.1) is 22.9 Å². The van der Waals surface area contributed by atoms with Crippen molar-refractivity contribution in [2.45, 2.75) is 51.2 Å². The highest BCUT2D eigenvalue weighted by molar-refractivity contribution is 5.99. The van der Waals surface area contributed by atoms with E-state index in [1.807, 2.05) is 0 Å². The molecule has 0 unspecified atom stereocenters. The summed E-state index contributed by atoms with van der Waals surface area (Å²) < 4.78 is 42.3. The summed E-state index contributed by atoms with van der Waals surface area (Å²) in [5.74, 6) is -5.69. The van der Waals surface area contributed by atoms with Gasteiger partial charge in [-0.2, -0.15) is 0 Å². The van der Waals surface area contributed by atoms with Gasteiger partial charge in [0.25, 0.3) is 11.8 Å². The number of amides is 2. The predicted molar refractivity (Wildman–Crippen MR) is 110 cm³/mol. The van der Waals surface area contributed by atoms with Gasteiger partial charge in [0.15, 0.2) is 11.4 Å². The van der Waals surface area contributed by atoms with Crippen molar-refractivity contribution < 1.29 is 27.9 Å². The minimum absolute atomic E-state index is 0.0318. The lowest BCUT2D eigenvalue weighted by Gasteiger charge is -2.45. The summed E-state index contributed by atoms with van der Waals surface area (Å²) in [6.45, 7) is 2.38. The van der Waals surface area contributed by atoms with Crippen LogP contribution in [0.15, 0.2) is 23.1 Å². The zero-order valence-electron chi connectivity index (χ0n) is 17.9. The van der Waals surface area contributed by atoms with Crippen molar-refractivity contribution in [1.29, 1.82) is 0 Å². The average molecular weight is 461 g/mol. The minimum Gasteiger partial charge on any atom is -0.503 e. The third-order valence-corrected chi connectivity index (χ3v) is 7.24. The molecule has 1 spiro atoms. The molecule has 2 atom stereocenters. The molecule has 2 N–H and O–H groups in total. The van der Waals surface area contributed by atoms with Crippen LogP contribution in [0.25, 0.3) is 0 Å². The summed E-state index contributed by atoms with van der Waals surface area (Å²) in [7, 11) is 0.